The molecule has 0 unspecified atom stereocenters. The highest BCUT2D eigenvalue weighted by molar-refractivity contribution is 5.93. The number of nitrogens with zero attached hydrogens (tertiary/aromatic N) is 6. The number of anilines is 2. The van der Waals surface area contributed by atoms with Gasteiger partial charge in [-0.1, -0.05) is 12.1 Å². The van der Waals surface area contributed by atoms with Crippen molar-refractivity contribution in [2.24, 2.45) is 0 Å². The summed E-state index contributed by atoms with van der Waals surface area (Å²) in [5.41, 5.74) is 1.01. The molecule has 1 amide bonds. The highest BCUT2D eigenvalue weighted by Crippen LogP contribution is 2.21. The topological polar surface area (TPSA) is 55.8 Å². The van der Waals surface area contributed by atoms with E-state index in [0.29, 0.717) is 37.6 Å². The minimum atomic E-state index is -0.227. The summed E-state index contributed by atoms with van der Waals surface area (Å²) < 4.78 is 14.0. The van der Waals surface area contributed by atoms with Crippen LogP contribution in [0.2, 0.25) is 0 Å². The standard InChI is InChI=1S/C20H25FN6O/c1-24-6-8-26(9-7-24)19-14-17(22-15-23-19)20(28)27-12-10-25(11-13-27)18-5-3-2-4-16(18)21/h2-5,14-15H,6-13H2,1H3. The number of hydrogen-bond donors (Lipinski definition) is 0. The average molecular weight is 384 g/mol. The van der Waals surface area contributed by atoms with Crippen molar-refractivity contribution in [1.29, 1.82) is 0 Å². The van der Waals surface area contributed by atoms with Crippen LogP contribution in [0.1, 0.15) is 10.5 Å². The van der Waals surface area contributed by atoms with Gasteiger partial charge in [0.25, 0.3) is 5.91 Å². The van der Waals surface area contributed by atoms with Crippen LogP contribution in [0.4, 0.5) is 15.9 Å². The summed E-state index contributed by atoms with van der Waals surface area (Å²) in [6.45, 7) is 6.02. The van der Waals surface area contributed by atoms with Crippen LogP contribution in [0.5, 0.6) is 0 Å². The molecule has 4 rings (SSSR count). The van der Waals surface area contributed by atoms with Crippen LogP contribution < -0.4 is 9.80 Å². The third-order valence-corrected chi connectivity index (χ3v) is 5.46. The van der Waals surface area contributed by atoms with Crippen molar-refractivity contribution < 1.29 is 9.18 Å². The third kappa shape index (κ3) is 3.91. The largest absolute Gasteiger partial charge is 0.366 e. The van der Waals surface area contributed by atoms with Crippen LogP contribution in [0.3, 0.4) is 0 Å². The molecule has 1 aromatic heterocycles. The van der Waals surface area contributed by atoms with E-state index in [1.807, 2.05) is 11.0 Å². The SMILES string of the molecule is CN1CCN(c2cc(C(=O)N3CCN(c4ccccc4F)CC3)ncn2)CC1. The third-order valence-electron chi connectivity index (χ3n) is 5.46. The summed E-state index contributed by atoms with van der Waals surface area (Å²) in [5.74, 6) is 0.484. The highest BCUT2D eigenvalue weighted by atomic mass is 19.1. The molecule has 0 atom stereocenters. The smallest absolute Gasteiger partial charge is 0.272 e. The second-order valence-electron chi connectivity index (χ2n) is 7.28. The molecule has 0 aliphatic carbocycles. The Labute approximate surface area is 164 Å². The molecule has 0 spiro atoms. The normalized spacial score (nSPS) is 18.4. The van der Waals surface area contributed by atoms with Crippen LogP contribution >= 0.6 is 0 Å². The van der Waals surface area contributed by atoms with Gasteiger partial charge in [0.15, 0.2) is 0 Å². The zero-order valence-corrected chi connectivity index (χ0v) is 16.1. The van der Waals surface area contributed by atoms with E-state index in [0.717, 1.165) is 32.0 Å². The molecule has 2 aromatic rings. The molecule has 0 saturated carbocycles. The zero-order valence-electron chi connectivity index (χ0n) is 16.1. The minimum absolute atomic E-state index is 0.0917. The zero-order chi connectivity index (χ0) is 19.5. The molecule has 1 aromatic carbocycles. The van der Waals surface area contributed by atoms with Crippen LogP contribution in [-0.2, 0) is 0 Å². The Morgan fingerprint density at radius 3 is 2.32 bits per heavy atom. The lowest BCUT2D eigenvalue weighted by Crippen LogP contribution is -2.49. The molecule has 0 N–H and O–H groups in total. The lowest BCUT2D eigenvalue weighted by Gasteiger charge is -2.36. The van der Waals surface area contributed by atoms with Crippen LogP contribution in [0.15, 0.2) is 36.7 Å². The maximum Gasteiger partial charge on any atom is 0.272 e. The van der Waals surface area contributed by atoms with Crippen LogP contribution in [-0.4, -0.2) is 85.1 Å². The number of halogens is 1. The first kappa shape index (κ1) is 18.6. The molecule has 3 heterocycles. The number of carbonyl (C=O) groups is 1. The molecule has 28 heavy (non-hydrogen) atoms. The number of benzene rings is 1. The number of likely N-dealkylation sites (N-methyl/N-ethyl adjacent to an activating group) is 1. The maximum atomic E-state index is 14.0. The monoisotopic (exact) mass is 384 g/mol. The molecule has 2 fully saturated rings. The molecule has 2 saturated heterocycles. The van der Waals surface area contributed by atoms with Gasteiger partial charge < -0.3 is 19.6 Å². The van der Waals surface area contributed by atoms with Crippen molar-refractivity contribution in [3.8, 4) is 0 Å². The van der Waals surface area contributed by atoms with Gasteiger partial charge in [0, 0.05) is 58.4 Å². The number of piperazine rings is 2. The molecule has 7 nitrogen and oxygen atoms in total. The van der Waals surface area contributed by atoms with Crippen molar-refractivity contribution >= 4 is 17.4 Å². The van der Waals surface area contributed by atoms with E-state index in [-0.39, 0.29) is 11.7 Å². The number of carbonyl (C=O) groups excluding carboxylic acids is 1. The van der Waals surface area contributed by atoms with Gasteiger partial charge >= 0.3 is 0 Å². The van der Waals surface area contributed by atoms with E-state index in [9.17, 15) is 9.18 Å². The Hall–Kier alpha value is -2.74. The maximum absolute atomic E-state index is 14.0. The van der Waals surface area contributed by atoms with Gasteiger partial charge in [0.05, 0.1) is 5.69 Å². The first-order valence-corrected chi connectivity index (χ1v) is 9.66. The number of hydrogen-bond acceptors (Lipinski definition) is 6. The van der Waals surface area contributed by atoms with E-state index in [2.05, 4.69) is 26.8 Å². The van der Waals surface area contributed by atoms with Gasteiger partial charge in [-0.2, -0.15) is 0 Å². The Bertz CT molecular complexity index is 831. The first-order valence-electron chi connectivity index (χ1n) is 9.66. The minimum Gasteiger partial charge on any atom is -0.366 e. The van der Waals surface area contributed by atoms with Gasteiger partial charge in [-0.15, -0.1) is 0 Å². The Morgan fingerprint density at radius 2 is 1.61 bits per heavy atom. The fraction of sp³-hybridized carbons (Fsp3) is 0.450. The summed E-state index contributed by atoms with van der Waals surface area (Å²) in [4.78, 5) is 29.7. The molecule has 2 aliphatic heterocycles. The predicted octanol–water partition coefficient (Wildman–Crippen LogP) is 1.33. The lowest BCUT2D eigenvalue weighted by atomic mass is 10.2. The Morgan fingerprint density at radius 1 is 0.929 bits per heavy atom. The fourth-order valence-electron chi connectivity index (χ4n) is 3.69. The average Bonchev–Trinajstić information content (AvgIpc) is 2.74. The molecule has 148 valence electrons. The van der Waals surface area contributed by atoms with E-state index < -0.39 is 0 Å². The van der Waals surface area contributed by atoms with Crippen molar-refractivity contribution in [3.63, 3.8) is 0 Å². The summed E-state index contributed by atoms with van der Waals surface area (Å²) in [6.07, 6.45) is 1.47. The second kappa shape index (κ2) is 8.10. The number of amides is 1. The van der Waals surface area contributed by atoms with E-state index in [1.165, 1.54) is 12.4 Å². The summed E-state index contributed by atoms with van der Waals surface area (Å²) in [5, 5.41) is 0. The Balaban J connectivity index is 1.40. The lowest BCUT2D eigenvalue weighted by molar-refractivity contribution is 0.0740. The quantitative estimate of drug-likeness (QED) is 0.796. The summed E-state index contributed by atoms with van der Waals surface area (Å²) in [6, 6.07) is 8.55. The summed E-state index contributed by atoms with van der Waals surface area (Å²) in [7, 11) is 2.10. The van der Waals surface area contributed by atoms with Gasteiger partial charge in [0.2, 0.25) is 0 Å². The van der Waals surface area contributed by atoms with E-state index in [4.69, 9.17) is 0 Å². The fourth-order valence-corrected chi connectivity index (χ4v) is 3.69. The van der Waals surface area contributed by atoms with Crippen molar-refractivity contribution in [2.45, 2.75) is 0 Å². The molecular weight excluding hydrogens is 359 g/mol. The van der Waals surface area contributed by atoms with Crippen molar-refractivity contribution in [2.75, 3.05) is 69.2 Å². The number of para-hydroxylation sites is 1. The van der Waals surface area contributed by atoms with E-state index >= 15 is 0 Å². The molecular formula is C20H25FN6O. The number of rotatable bonds is 3. The van der Waals surface area contributed by atoms with Gasteiger partial charge in [-0.05, 0) is 19.2 Å². The van der Waals surface area contributed by atoms with Crippen LogP contribution in [0, 0.1) is 5.82 Å². The van der Waals surface area contributed by atoms with Crippen LogP contribution in [0.25, 0.3) is 0 Å². The molecule has 8 heteroatoms. The summed E-state index contributed by atoms with van der Waals surface area (Å²) >= 11 is 0. The van der Waals surface area contributed by atoms with Gasteiger partial charge in [0.1, 0.15) is 23.7 Å². The Kier molecular flexibility index (Phi) is 5.38. The second-order valence-corrected chi connectivity index (χ2v) is 7.28. The van der Waals surface area contributed by atoms with Gasteiger partial charge in [-0.25, -0.2) is 14.4 Å². The highest BCUT2D eigenvalue weighted by Gasteiger charge is 2.25. The van der Waals surface area contributed by atoms with E-state index in [1.54, 1.807) is 23.1 Å². The van der Waals surface area contributed by atoms with Crippen molar-refractivity contribution in [3.05, 3.63) is 48.2 Å². The first-order chi connectivity index (χ1) is 13.6. The molecule has 0 bridgehead atoms. The van der Waals surface area contributed by atoms with Gasteiger partial charge in [-0.3, -0.25) is 4.79 Å². The van der Waals surface area contributed by atoms with Crippen molar-refractivity contribution in [1.82, 2.24) is 19.8 Å². The number of aromatic nitrogens is 2. The predicted molar refractivity (Wildman–Crippen MR) is 106 cm³/mol. The molecule has 2 aliphatic rings. The molecule has 0 radical (unpaired) electrons.